The summed E-state index contributed by atoms with van der Waals surface area (Å²) in [5.41, 5.74) is 7.26. The van der Waals surface area contributed by atoms with Gasteiger partial charge in [-0.3, -0.25) is 4.98 Å². The van der Waals surface area contributed by atoms with Gasteiger partial charge in [0, 0.05) is 17.6 Å². The van der Waals surface area contributed by atoms with Gasteiger partial charge in [0.1, 0.15) is 11.9 Å². The van der Waals surface area contributed by atoms with E-state index in [1.54, 1.807) is 0 Å². The molecule has 1 fully saturated rings. The lowest BCUT2D eigenvalue weighted by Gasteiger charge is -2.36. The van der Waals surface area contributed by atoms with Gasteiger partial charge < -0.3 is 10.5 Å². The average molecular weight is 284 g/mol. The van der Waals surface area contributed by atoms with E-state index in [-0.39, 0.29) is 12.1 Å². The second-order valence-corrected chi connectivity index (χ2v) is 6.46. The van der Waals surface area contributed by atoms with Crippen LogP contribution in [0.1, 0.15) is 33.1 Å². The van der Waals surface area contributed by atoms with Crippen LogP contribution in [0.25, 0.3) is 10.9 Å². The van der Waals surface area contributed by atoms with Crippen molar-refractivity contribution in [1.82, 2.24) is 4.98 Å². The molecule has 1 aliphatic carbocycles. The largest absolute Gasteiger partial charge is 0.488 e. The Labute approximate surface area is 126 Å². The summed E-state index contributed by atoms with van der Waals surface area (Å²) in [5, 5.41) is 1.07. The molecule has 3 nitrogen and oxygen atoms in total. The molecule has 3 heteroatoms. The fourth-order valence-corrected chi connectivity index (χ4v) is 3.27. The molecule has 2 N–H and O–H groups in total. The van der Waals surface area contributed by atoms with Crippen molar-refractivity contribution in [1.29, 1.82) is 0 Å². The van der Waals surface area contributed by atoms with Crippen LogP contribution in [0.4, 0.5) is 0 Å². The van der Waals surface area contributed by atoms with Crippen molar-refractivity contribution in [2.24, 2.45) is 17.6 Å². The van der Waals surface area contributed by atoms with Crippen LogP contribution in [-0.2, 0) is 0 Å². The lowest BCUT2D eigenvalue weighted by Crippen LogP contribution is -2.44. The highest BCUT2D eigenvalue weighted by Gasteiger charge is 2.31. The van der Waals surface area contributed by atoms with Gasteiger partial charge in [-0.05, 0) is 55.4 Å². The number of benzene rings is 1. The highest BCUT2D eigenvalue weighted by Crippen LogP contribution is 2.33. The predicted molar refractivity (Wildman–Crippen MR) is 86.3 cm³/mol. The van der Waals surface area contributed by atoms with Gasteiger partial charge in [-0.2, -0.15) is 0 Å². The Morgan fingerprint density at radius 2 is 2.05 bits per heavy atom. The lowest BCUT2D eigenvalue weighted by molar-refractivity contribution is 0.0881. The van der Waals surface area contributed by atoms with Gasteiger partial charge in [-0.1, -0.05) is 19.9 Å². The first kappa shape index (κ1) is 14.3. The molecule has 0 aliphatic heterocycles. The summed E-state index contributed by atoms with van der Waals surface area (Å²) in [7, 11) is 0. The zero-order chi connectivity index (χ0) is 14.8. The summed E-state index contributed by atoms with van der Waals surface area (Å²) < 4.78 is 6.30. The van der Waals surface area contributed by atoms with Gasteiger partial charge in [0.15, 0.2) is 0 Å². The van der Waals surface area contributed by atoms with E-state index in [2.05, 4.69) is 24.9 Å². The summed E-state index contributed by atoms with van der Waals surface area (Å²) in [4.78, 5) is 4.39. The highest BCUT2D eigenvalue weighted by molar-refractivity contribution is 5.84. The molecule has 3 atom stereocenters. The summed E-state index contributed by atoms with van der Waals surface area (Å²) in [6.45, 7) is 4.58. The van der Waals surface area contributed by atoms with E-state index in [9.17, 15) is 0 Å². The quantitative estimate of drug-likeness (QED) is 0.933. The number of hydrogen-bond donors (Lipinski definition) is 1. The number of nitrogens with zero attached hydrogens (tertiary/aromatic N) is 1. The summed E-state index contributed by atoms with van der Waals surface area (Å²) in [5.74, 6) is 2.31. The molecule has 2 aromatic rings. The molecule has 3 unspecified atom stereocenters. The maximum atomic E-state index is 6.30. The normalized spacial score (nSPS) is 26.2. The number of aromatic nitrogens is 1. The van der Waals surface area contributed by atoms with E-state index in [4.69, 9.17) is 10.5 Å². The first-order valence-corrected chi connectivity index (χ1v) is 7.91. The number of fused-ring (bicyclic) bond motifs is 1. The molecule has 1 aliphatic rings. The van der Waals surface area contributed by atoms with Gasteiger partial charge in [0.25, 0.3) is 0 Å². The Kier molecular flexibility index (Phi) is 4.11. The molecule has 21 heavy (non-hydrogen) atoms. The maximum absolute atomic E-state index is 6.30. The van der Waals surface area contributed by atoms with Crippen molar-refractivity contribution < 1.29 is 4.74 Å². The molecule has 112 valence electrons. The first-order chi connectivity index (χ1) is 10.1. The summed E-state index contributed by atoms with van der Waals surface area (Å²) in [6, 6.07) is 10.2. The number of hydrogen-bond acceptors (Lipinski definition) is 3. The van der Waals surface area contributed by atoms with Crippen LogP contribution in [-0.4, -0.2) is 17.1 Å². The van der Waals surface area contributed by atoms with E-state index < -0.39 is 0 Å². The van der Waals surface area contributed by atoms with E-state index in [0.29, 0.717) is 11.8 Å². The Morgan fingerprint density at radius 1 is 1.19 bits per heavy atom. The molecule has 0 radical (unpaired) electrons. The number of ether oxygens (including phenoxy) is 1. The van der Waals surface area contributed by atoms with Crippen molar-refractivity contribution in [3.8, 4) is 5.75 Å². The Hall–Kier alpha value is -1.61. The van der Waals surface area contributed by atoms with Crippen LogP contribution in [0.15, 0.2) is 36.5 Å². The molecule has 0 saturated heterocycles. The average Bonchev–Trinajstić information content (AvgIpc) is 2.49. The molecule has 3 rings (SSSR count). The molecule has 1 saturated carbocycles. The van der Waals surface area contributed by atoms with Crippen molar-refractivity contribution >= 4 is 10.9 Å². The minimum absolute atomic E-state index is 0.108. The highest BCUT2D eigenvalue weighted by atomic mass is 16.5. The fourth-order valence-electron chi connectivity index (χ4n) is 3.27. The lowest BCUT2D eigenvalue weighted by atomic mass is 9.78. The van der Waals surface area contributed by atoms with Crippen LogP contribution in [0, 0.1) is 11.8 Å². The maximum Gasteiger partial charge on any atom is 0.129 e. The van der Waals surface area contributed by atoms with Gasteiger partial charge in [-0.25, -0.2) is 0 Å². The summed E-state index contributed by atoms with van der Waals surface area (Å²) in [6.07, 6.45) is 5.24. The topological polar surface area (TPSA) is 48.1 Å². The summed E-state index contributed by atoms with van der Waals surface area (Å²) >= 11 is 0. The van der Waals surface area contributed by atoms with E-state index in [1.807, 2.05) is 30.5 Å². The van der Waals surface area contributed by atoms with Gasteiger partial charge in [-0.15, -0.1) is 0 Å². The van der Waals surface area contributed by atoms with Crippen molar-refractivity contribution in [3.63, 3.8) is 0 Å². The van der Waals surface area contributed by atoms with Crippen LogP contribution in [0.5, 0.6) is 5.75 Å². The molecule has 1 heterocycles. The second kappa shape index (κ2) is 6.02. The van der Waals surface area contributed by atoms with E-state index >= 15 is 0 Å². The monoisotopic (exact) mass is 284 g/mol. The fraction of sp³-hybridized carbons (Fsp3) is 0.500. The molecular formula is C18H24N2O. The molecule has 0 spiro atoms. The minimum atomic E-state index is 0.108. The standard InChI is InChI=1S/C18H24N2O/c1-12(2)13-8-9-15(19)18(11-13)21-17-7-3-6-16-14(17)5-4-10-20-16/h3-7,10,12-13,15,18H,8-9,11,19H2,1-2H3. The van der Waals surface area contributed by atoms with Crippen LogP contribution >= 0.6 is 0 Å². The van der Waals surface area contributed by atoms with Crippen molar-refractivity contribution in [2.45, 2.75) is 45.3 Å². The van der Waals surface area contributed by atoms with Gasteiger partial charge in [0.2, 0.25) is 0 Å². The minimum Gasteiger partial charge on any atom is -0.488 e. The zero-order valence-electron chi connectivity index (χ0n) is 12.8. The molecule has 1 aromatic heterocycles. The Balaban J connectivity index is 1.83. The predicted octanol–water partition coefficient (Wildman–Crippen LogP) is 3.77. The van der Waals surface area contributed by atoms with Crippen molar-refractivity contribution in [3.05, 3.63) is 36.5 Å². The third-order valence-electron chi connectivity index (χ3n) is 4.71. The second-order valence-electron chi connectivity index (χ2n) is 6.46. The smallest absolute Gasteiger partial charge is 0.129 e. The van der Waals surface area contributed by atoms with Crippen LogP contribution < -0.4 is 10.5 Å². The third kappa shape index (κ3) is 3.03. The van der Waals surface area contributed by atoms with Gasteiger partial charge >= 0.3 is 0 Å². The Morgan fingerprint density at radius 3 is 2.86 bits per heavy atom. The van der Waals surface area contributed by atoms with Crippen LogP contribution in [0.2, 0.25) is 0 Å². The third-order valence-corrected chi connectivity index (χ3v) is 4.71. The Bertz CT molecular complexity index is 606. The zero-order valence-corrected chi connectivity index (χ0v) is 12.8. The molecule has 0 bridgehead atoms. The number of rotatable bonds is 3. The van der Waals surface area contributed by atoms with Crippen LogP contribution in [0.3, 0.4) is 0 Å². The SMILES string of the molecule is CC(C)C1CCC(N)C(Oc2cccc3ncccc23)C1. The molecule has 1 aromatic carbocycles. The number of nitrogens with two attached hydrogens (primary N) is 1. The van der Waals surface area contributed by atoms with E-state index in [0.717, 1.165) is 29.5 Å². The van der Waals surface area contributed by atoms with E-state index in [1.165, 1.54) is 6.42 Å². The van der Waals surface area contributed by atoms with Crippen molar-refractivity contribution in [2.75, 3.05) is 0 Å². The molecular weight excluding hydrogens is 260 g/mol. The van der Waals surface area contributed by atoms with Gasteiger partial charge in [0.05, 0.1) is 5.52 Å². The molecule has 0 amide bonds. The first-order valence-electron chi connectivity index (χ1n) is 7.91. The number of pyridine rings is 1.